The average Bonchev–Trinajstić information content (AvgIpc) is 2.80. The van der Waals surface area contributed by atoms with Gasteiger partial charge in [-0.25, -0.2) is 4.90 Å². The smallest absolute Gasteiger partial charge is 0.250 e. The molecule has 1 aliphatic rings. The lowest BCUT2D eigenvalue weighted by molar-refractivity contribution is -0.484. The molecular weight excluding hydrogens is 280 g/mol. The number of amidine groups is 1. The second-order valence-corrected chi connectivity index (χ2v) is 6.90. The third-order valence-corrected chi connectivity index (χ3v) is 5.09. The molecule has 1 aliphatic heterocycles. The van der Waals surface area contributed by atoms with E-state index in [0.29, 0.717) is 0 Å². The van der Waals surface area contributed by atoms with Crippen LogP contribution in [-0.4, -0.2) is 41.5 Å². The SMILES string of the molecule is CCCCCCCCCCCCCCN1CC[N+](C)=C1Cl. The third-order valence-electron chi connectivity index (χ3n) is 4.56. The molecule has 0 saturated heterocycles. The number of hydrogen-bond donors (Lipinski definition) is 0. The van der Waals surface area contributed by atoms with Gasteiger partial charge in [-0.05, 0) is 12.8 Å². The zero-order valence-electron chi connectivity index (χ0n) is 14.4. The molecule has 0 aromatic heterocycles. The molecule has 0 saturated carbocycles. The molecule has 0 amide bonds. The van der Waals surface area contributed by atoms with E-state index in [9.17, 15) is 0 Å². The van der Waals surface area contributed by atoms with Gasteiger partial charge in [-0.15, -0.1) is 0 Å². The summed E-state index contributed by atoms with van der Waals surface area (Å²) in [6.45, 7) is 5.61. The van der Waals surface area contributed by atoms with Crippen LogP contribution < -0.4 is 0 Å². The van der Waals surface area contributed by atoms with Crippen molar-refractivity contribution in [3.05, 3.63) is 0 Å². The Morgan fingerprint density at radius 3 is 1.76 bits per heavy atom. The molecule has 0 fully saturated rings. The fourth-order valence-corrected chi connectivity index (χ4v) is 3.30. The van der Waals surface area contributed by atoms with Crippen molar-refractivity contribution < 1.29 is 4.58 Å². The molecule has 0 radical (unpaired) electrons. The molecule has 0 aromatic carbocycles. The van der Waals surface area contributed by atoms with Crippen LogP contribution in [-0.2, 0) is 0 Å². The first-order chi connectivity index (χ1) is 10.3. The van der Waals surface area contributed by atoms with Gasteiger partial charge in [0.2, 0.25) is 0 Å². The minimum absolute atomic E-state index is 0.943. The zero-order valence-corrected chi connectivity index (χ0v) is 15.1. The van der Waals surface area contributed by atoms with Crippen LogP contribution in [0.4, 0.5) is 0 Å². The molecule has 2 nitrogen and oxygen atoms in total. The van der Waals surface area contributed by atoms with E-state index in [0.717, 1.165) is 24.9 Å². The maximum absolute atomic E-state index is 6.24. The van der Waals surface area contributed by atoms with Crippen LogP contribution in [0.2, 0.25) is 0 Å². The van der Waals surface area contributed by atoms with Gasteiger partial charge < -0.3 is 0 Å². The first-order valence-corrected chi connectivity index (χ1v) is 9.62. The summed E-state index contributed by atoms with van der Waals surface area (Å²) in [4.78, 5) is 2.32. The number of nitrogens with zero attached hydrogens (tertiary/aromatic N) is 2. The second kappa shape index (κ2) is 12.3. The Bertz CT molecular complexity index is 289. The van der Waals surface area contributed by atoms with Crippen LogP contribution >= 0.6 is 11.6 Å². The van der Waals surface area contributed by atoms with Crippen LogP contribution in [0.25, 0.3) is 0 Å². The van der Waals surface area contributed by atoms with Crippen molar-refractivity contribution in [2.24, 2.45) is 0 Å². The van der Waals surface area contributed by atoms with Crippen molar-refractivity contribution in [3.63, 3.8) is 0 Å². The molecule has 0 spiro atoms. The van der Waals surface area contributed by atoms with Gasteiger partial charge in [0, 0.05) is 11.6 Å². The van der Waals surface area contributed by atoms with Crippen LogP contribution in [0.15, 0.2) is 0 Å². The van der Waals surface area contributed by atoms with Gasteiger partial charge in [-0.3, -0.25) is 4.58 Å². The van der Waals surface area contributed by atoms with Crippen molar-refractivity contribution in [2.45, 2.75) is 84.0 Å². The summed E-state index contributed by atoms with van der Waals surface area (Å²) >= 11 is 6.24. The maximum atomic E-state index is 6.24. The molecular formula is C18H36ClN2+. The number of likely N-dealkylation sites (N-methyl/N-ethyl adjacent to an activating group) is 1. The lowest BCUT2D eigenvalue weighted by Crippen LogP contribution is -2.26. The minimum atomic E-state index is 0.943. The molecule has 124 valence electrons. The highest BCUT2D eigenvalue weighted by Gasteiger charge is 2.25. The normalized spacial score (nSPS) is 15.3. The van der Waals surface area contributed by atoms with Gasteiger partial charge in [-0.1, -0.05) is 71.1 Å². The fourth-order valence-electron chi connectivity index (χ4n) is 3.04. The quantitative estimate of drug-likeness (QED) is 0.256. The van der Waals surface area contributed by atoms with E-state index >= 15 is 0 Å². The summed E-state index contributed by atoms with van der Waals surface area (Å²) in [7, 11) is 2.07. The van der Waals surface area contributed by atoms with Crippen molar-refractivity contribution in [3.8, 4) is 0 Å². The largest absolute Gasteiger partial charge is 0.345 e. The summed E-state index contributed by atoms with van der Waals surface area (Å²) in [6, 6.07) is 0. The van der Waals surface area contributed by atoms with E-state index in [1.165, 1.54) is 77.0 Å². The van der Waals surface area contributed by atoms with Crippen LogP contribution in [0.1, 0.15) is 84.0 Å². The van der Waals surface area contributed by atoms with Gasteiger partial charge in [-0.2, -0.15) is 0 Å². The van der Waals surface area contributed by atoms with E-state index in [1.54, 1.807) is 0 Å². The van der Waals surface area contributed by atoms with Crippen LogP contribution in [0, 0.1) is 0 Å². The molecule has 3 heteroatoms. The topological polar surface area (TPSA) is 6.25 Å². The Balaban J connectivity index is 1.79. The van der Waals surface area contributed by atoms with Crippen molar-refractivity contribution in [1.29, 1.82) is 0 Å². The molecule has 0 N–H and O–H groups in total. The van der Waals surface area contributed by atoms with E-state index in [-0.39, 0.29) is 0 Å². The Morgan fingerprint density at radius 1 is 0.857 bits per heavy atom. The molecule has 1 heterocycles. The van der Waals surface area contributed by atoms with E-state index < -0.39 is 0 Å². The molecule has 21 heavy (non-hydrogen) atoms. The Hall–Kier alpha value is -0.240. The summed E-state index contributed by atoms with van der Waals surface area (Å²) in [5, 5.41) is 0.943. The summed E-state index contributed by atoms with van der Waals surface area (Å²) in [6.07, 6.45) is 17.0. The summed E-state index contributed by atoms with van der Waals surface area (Å²) in [5.41, 5.74) is 0. The van der Waals surface area contributed by atoms with Gasteiger partial charge >= 0.3 is 5.29 Å². The zero-order chi connectivity index (χ0) is 15.3. The van der Waals surface area contributed by atoms with Gasteiger partial charge in [0.25, 0.3) is 0 Å². The predicted octanol–water partition coefficient (Wildman–Crippen LogP) is 5.24. The van der Waals surface area contributed by atoms with E-state index in [4.69, 9.17) is 11.6 Å². The highest BCUT2D eigenvalue weighted by atomic mass is 35.5. The lowest BCUT2D eigenvalue weighted by atomic mass is 10.1. The second-order valence-electron chi connectivity index (χ2n) is 6.57. The predicted molar refractivity (Wildman–Crippen MR) is 94.6 cm³/mol. The van der Waals surface area contributed by atoms with Crippen LogP contribution in [0.3, 0.4) is 0 Å². The molecule has 0 unspecified atom stereocenters. The maximum Gasteiger partial charge on any atom is 0.345 e. The standard InChI is InChI=1S/C18H36ClN2/c1-3-4-5-6-7-8-9-10-11-12-13-14-15-21-17-16-20(2)18(21)19/h3-17H2,1-2H3/q+1. The Kier molecular flexibility index (Phi) is 11.0. The first kappa shape index (κ1) is 18.8. The lowest BCUT2D eigenvalue weighted by Gasteiger charge is -2.08. The molecule has 0 atom stereocenters. The Labute approximate surface area is 137 Å². The van der Waals surface area contributed by atoms with Crippen LogP contribution in [0.5, 0.6) is 0 Å². The highest BCUT2D eigenvalue weighted by molar-refractivity contribution is 6.63. The summed E-state index contributed by atoms with van der Waals surface area (Å²) in [5.74, 6) is 0. The average molecular weight is 316 g/mol. The molecule has 0 aliphatic carbocycles. The number of rotatable bonds is 13. The Morgan fingerprint density at radius 2 is 1.33 bits per heavy atom. The van der Waals surface area contributed by atoms with E-state index in [2.05, 4.69) is 23.4 Å². The van der Waals surface area contributed by atoms with Gasteiger partial charge in [0.15, 0.2) is 0 Å². The van der Waals surface area contributed by atoms with Gasteiger partial charge in [0.05, 0.1) is 13.6 Å². The van der Waals surface area contributed by atoms with Gasteiger partial charge in [0.1, 0.15) is 13.1 Å². The third kappa shape index (κ3) is 8.70. The van der Waals surface area contributed by atoms with Crippen molar-refractivity contribution >= 4 is 16.9 Å². The molecule has 1 rings (SSSR count). The monoisotopic (exact) mass is 315 g/mol. The minimum Gasteiger partial charge on any atom is -0.250 e. The highest BCUT2D eigenvalue weighted by Crippen LogP contribution is 2.13. The number of hydrogen-bond acceptors (Lipinski definition) is 1. The fraction of sp³-hybridized carbons (Fsp3) is 0.944. The van der Waals surface area contributed by atoms with E-state index in [1.807, 2.05) is 0 Å². The number of unbranched alkanes of at least 4 members (excludes halogenated alkanes) is 11. The van der Waals surface area contributed by atoms with Crippen molar-refractivity contribution in [1.82, 2.24) is 4.90 Å². The van der Waals surface area contributed by atoms with Crippen molar-refractivity contribution in [2.75, 3.05) is 26.7 Å². The number of halogens is 1. The summed E-state index contributed by atoms with van der Waals surface area (Å²) < 4.78 is 2.14. The molecule has 0 bridgehead atoms. The first-order valence-electron chi connectivity index (χ1n) is 9.24. The molecule has 0 aromatic rings.